The van der Waals surface area contributed by atoms with Crippen LogP contribution in [-0.4, -0.2) is 26.4 Å². The molecule has 0 aliphatic heterocycles. The largest absolute Gasteiger partial charge is 0.480 e. The number of nitrogens with zero attached hydrogens (tertiary/aromatic N) is 2. The van der Waals surface area contributed by atoms with Gasteiger partial charge in [0.05, 0.1) is 10.2 Å². The average Bonchev–Trinajstić information content (AvgIpc) is 2.56. The minimum Gasteiger partial charge on any atom is -0.480 e. The molecule has 0 fully saturated rings. The molecule has 1 heterocycles. The van der Waals surface area contributed by atoms with Gasteiger partial charge in [0, 0.05) is 12.2 Å². The quantitative estimate of drug-likeness (QED) is 0.843. The Morgan fingerprint density at radius 2 is 2.17 bits per heavy atom. The van der Waals surface area contributed by atoms with Crippen molar-refractivity contribution in [2.24, 2.45) is 5.73 Å². The molecule has 0 saturated carbocycles. The monoisotopic (exact) mass is 317 g/mol. The third-order valence-electron chi connectivity index (χ3n) is 3.34. The van der Waals surface area contributed by atoms with Crippen molar-refractivity contribution in [3.8, 4) is 0 Å². The topological polar surface area (TPSA) is 81.1 Å². The van der Waals surface area contributed by atoms with E-state index in [2.05, 4.69) is 21.0 Å². The number of carboxylic acids is 1. The molecule has 0 amide bonds. The van der Waals surface area contributed by atoms with E-state index in [0.29, 0.717) is 25.8 Å². The van der Waals surface area contributed by atoms with Crippen LogP contribution in [0.2, 0.25) is 0 Å². The summed E-state index contributed by atoms with van der Waals surface area (Å²) < 4.78 is 2.90. The molecule has 0 aliphatic carbocycles. The van der Waals surface area contributed by atoms with Crippen molar-refractivity contribution in [3.63, 3.8) is 0 Å². The number of nitrogens with two attached hydrogens (primary N) is 1. The fraction of sp³-hybridized carbons (Fsp3) is 0.667. The number of carboxylic acid groups (broad SMARTS) is 1. The van der Waals surface area contributed by atoms with Crippen molar-refractivity contribution in [1.82, 2.24) is 9.78 Å². The van der Waals surface area contributed by atoms with Gasteiger partial charge in [0.15, 0.2) is 0 Å². The first-order valence-electron chi connectivity index (χ1n) is 6.03. The maximum atomic E-state index is 11.1. The number of halogens is 1. The maximum Gasteiger partial charge on any atom is 0.323 e. The molecule has 0 radical (unpaired) electrons. The highest BCUT2D eigenvalue weighted by Crippen LogP contribution is 2.21. The zero-order valence-electron chi connectivity index (χ0n) is 11.0. The fourth-order valence-corrected chi connectivity index (χ4v) is 2.16. The van der Waals surface area contributed by atoms with Crippen LogP contribution in [0, 0.1) is 13.8 Å². The predicted molar refractivity (Wildman–Crippen MR) is 73.5 cm³/mol. The van der Waals surface area contributed by atoms with E-state index in [1.807, 2.05) is 18.5 Å². The van der Waals surface area contributed by atoms with E-state index in [-0.39, 0.29) is 0 Å². The molecule has 1 unspecified atom stereocenters. The van der Waals surface area contributed by atoms with Gasteiger partial charge < -0.3 is 10.8 Å². The van der Waals surface area contributed by atoms with Crippen LogP contribution in [0.5, 0.6) is 0 Å². The van der Waals surface area contributed by atoms with Gasteiger partial charge in [0.2, 0.25) is 0 Å². The first-order chi connectivity index (χ1) is 8.31. The van der Waals surface area contributed by atoms with Crippen molar-refractivity contribution in [3.05, 3.63) is 15.9 Å². The molecule has 3 N–H and O–H groups in total. The number of rotatable bonds is 6. The molecule has 1 rings (SSSR count). The standard InChI is InChI=1S/C12H20BrN3O2/c1-4-12(14,11(17)18)6-5-7-16-9(3)10(13)8(2)15-16/h4-7,14H2,1-3H3,(H,17,18). The van der Waals surface area contributed by atoms with E-state index in [9.17, 15) is 4.79 Å². The van der Waals surface area contributed by atoms with Crippen LogP contribution in [0.25, 0.3) is 0 Å². The molecule has 0 spiro atoms. The zero-order chi connectivity index (χ0) is 13.9. The van der Waals surface area contributed by atoms with Gasteiger partial charge in [0.1, 0.15) is 5.54 Å². The molecule has 0 saturated heterocycles. The molecule has 5 nitrogen and oxygen atoms in total. The summed E-state index contributed by atoms with van der Waals surface area (Å²) in [6, 6.07) is 0. The lowest BCUT2D eigenvalue weighted by Gasteiger charge is -2.22. The molecule has 0 aromatic carbocycles. The molecular weight excluding hydrogens is 298 g/mol. The lowest BCUT2D eigenvalue weighted by atomic mass is 9.92. The summed E-state index contributed by atoms with van der Waals surface area (Å²) in [5.74, 6) is -0.931. The molecule has 102 valence electrons. The third kappa shape index (κ3) is 3.11. The molecule has 0 bridgehead atoms. The minimum absolute atomic E-state index is 0.434. The van der Waals surface area contributed by atoms with E-state index in [1.54, 1.807) is 6.92 Å². The van der Waals surface area contributed by atoms with E-state index in [0.717, 1.165) is 15.9 Å². The van der Waals surface area contributed by atoms with Crippen molar-refractivity contribution >= 4 is 21.9 Å². The summed E-state index contributed by atoms with van der Waals surface area (Å²) in [7, 11) is 0. The summed E-state index contributed by atoms with van der Waals surface area (Å²) >= 11 is 3.47. The summed E-state index contributed by atoms with van der Waals surface area (Å²) in [5.41, 5.74) is 6.72. The number of hydrogen-bond donors (Lipinski definition) is 2. The second-order valence-electron chi connectivity index (χ2n) is 4.63. The highest BCUT2D eigenvalue weighted by Gasteiger charge is 2.31. The van der Waals surface area contributed by atoms with E-state index in [1.165, 1.54) is 0 Å². The maximum absolute atomic E-state index is 11.1. The van der Waals surface area contributed by atoms with Crippen LogP contribution in [0.1, 0.15) is 37.6 Å². The van der Waals surface area contributed by atoms with Crippen LogP contribution < -0.4 is 5.73 Å². The van der Waals surface area contributed by atoms with Crippen molar-refractivity contribution < 1.29 is 9.90 Å². The zero-order valence-corrected chi connectivity index (χ0v) is 12.6. The molecule has 1 atom stereocenters. The van der Waals surface area contributed by atoms with Crippen LogP contribution in [0.3, 0.4) is 0 Å². The van der Waals surface area contributed by atoms with E-state index >= 15 is 0 Å². The van der Waals surface area contributed by atoms with Gasteiger partial charge >= 0.3 is 5.97 Å². The Labute approximate surface area is 115 Å². The lowest BCUT2D eigenvalue weighted by molar-refractivity contribution is -0.143. The molecule has 18 heavy (non-hydrogen) atoms. The van der Waals surface area contributed by atoms with Gasteiger partial charge in [-0.1, -0.05) is 6.92 Å². The highest BCUT2D eigenvalue weighted by atomic mass is 79.9. The van der Waals surface area contributed by atoms with E-state index in [4.69, 9.17) is 10.8 Å². The first-order valence-corrected chi connectivity index (χ1v) is 6.83. The second-order valence-corrected chi connectivity index (χ2v) is 5.42. The van der Waals surface area contributed by atoms with Gasteiger partial charge in [0.25, 0.3) is 0 Å². The summed E-state index contributed by atoms with van der Waals surface area (Å²) in [6.45, 7) is 6.40. The summed E-state index contributed by atoms with van der Waals surface area (Å²) in [4.78, 5) is 11.1. The molecule has 0 aliphatic rings. The number of hydrogen-bond acceptors (Lipinski definition) is 3. The van der Waals surface area contributed by atoms with Gasteiger partial charge in [-0.15, -0.1) is 0 Å². The van der Waals surface area contributed by atoms with Crippen molar-refractivity contribution in [2.45, 2.75) is 52.1 Å². The van der Waals surface area contributed by atoms with Crippen molar-refractivity contribution in [2.75, 3.05) is 0 Å². The molecular formula is C12H20BrN3O2. The Morgan fingerprint density at radius 1 is 1.56 bits per heavy atom. The van der Waals surface area contributed by atoms with Gasteiger partial charge in [-0.3, -0.25) is 9.48 Å². The Balaban J connectivity index is 2.61. The molecule has 1 aromatic rings. The van der Waals surface area contributed by atoms with E-state index < -0.39 is 11.5 Å². The van der Waals surface area contributed by atoms with Crippen LogP contribution in [-0.2, 0) is 11.3 Å². The fourth-order valence-electron chi connectivity index (χ4n) is 1.87. The lowest BCUT2D eigenvalue weighted by Crippen LogP contribution is -2.47. The van der Waals surface area contributed by atoms with Gasteiger partial charge in [-0.05, 0) is 49.0 Å². The number of carbonyl (C=O) groups is 1. The third-order valence-corrected chi connectivity index (χ3v) is 4.49. The minimum atomic E-state index is -1.12. The van der Waals surface area contributed by atoms with Gasteiger partial charge in [-0.25, -0.2) is 0 Å². The van der Waals surface area contributed by atoms with Crippen LogP contribution in [0.15, 0.2) is 4.47 Å². The Kier molecular flexibility index (Phi) is 4.92. The predicted octanol–water partition coefficient (Wildman–Crippen LogP) is 2.23. The smallest absolute Gasteiger partial charge is 0.323 e. The highest BCUT2D eigenvalue weighted by molar-refractivity contribution is 9.10. The van der Waals surface area contributed by atoms with Crippen LogP contribution >= 0.6 is 15.9 Å². The number of aliphatic carboxylic acids is 1. The Morgan fingerprint density at radius 3 is 2.56 bits per heavy atom. The molecule has 6 heteroatoms. The Bertz CT molecular complexity index is 445. The summed E-state index contributed by atoms with van der Waals surface area (Å²) in [6.07, 6.45) is 1.59. The van der Waals surface area contributed by atoms with Crippen molar-refractivity contribution in [1.29, 1.82) is 0 Å². The summed E-state index contributed by atoms with van der Waals surface area (Å²) in [5, 5.41) is 13.5. The Hall–Kier alpha value is -0.880. The molecule has 1 aromatic heterocycles. The average molecular weight is 318 g/mol. The van der Waals surface area contributed by atoms with Gasteiger partial charge in [-0.2, -0.15) is 5.10 Å². The second kappa shape index (κ2) is 5.84. The first kappa shape index (κ1) is 15.2. The van der Waals surface area contributed by atoms with Crippen LogP contribution in [0.4, 0.5) is 0 Å². The number of aromatic nitrogens is 2. The number of aryl methyl sites for hydroxylation is 2. The normalized spacial score (nSPS) is 14.5. The SMILES string of the molecule is CCC(N)(CCCn1nc(C)c(Br)c1C)C(=O)O.